The molecule has 1 aromatic carbocycles. The zero-order chi connectivity index (χ0) is 15.4. The molecule has 1 aliphatic heterocycles. The van der Waals surface area contributed by atoms with Gasteiger partial charge in [-0.3, -0.25) is 14.5 Å². The number of methoxy groups -OCH3 is 1. The summed E-state index contributed by atoms with van der Waals surface area (Å²) in [6, 6.07) is 7.04. The zero-order valence-electron chi connectivity index (χ0n) is 11.8. The Morgan fingerprint density at radius 1 is 1.52 bits per heavy atom. The van der Waals surface area contributed by atoms with Crippen LogP contribution in [-0.2, 0) is 9.59 Å². The topological polar surface area (TPSA) is 58.6 Å². The summed E-state index contributed by atoms with van der Waals surface area (Å²) in [6.45, 7) is 1.87. The summed E-state index contributed by atoms with van der Waals surface area (Å²) in [5, 5.41) is 2.57. The van der Waals surface area contributed by atoms with Crippen molar-refractivity contribution in [1.82, 2.24) is 4.90 Å². The fraction of sp³-hybridized carbons (Fsp3) is 0.357. The number of nitrogens with one attached hydrogen (secondary N) is 1. The third kappa shape index (κ3) is 3.74. The van der Waals surface area contributed by atoms with Crippen molar-refractivity contribution in [3.05, 3.63) is 24.3 Å². The molecule has 0 saturated carbocycles. The van der Waals surface area contributed by atoms with E-state index in [4.69, 9.17) is 17.0 Å². The Labute approximate surface area is 133 Å². The molecule has 112 valence electrons. The predicted octanol–water partition coefficient (Wildman–Crippen LogP) is 2.27. The first-order valence-corrected chi connectivity index (χ1v) is 7.79. The third-order valence-corrected chi connectivity index (χ3v) is 4.78. The summed E-state index contributed by atoms with van der Waals surface area (Å²) in [7, 11) is 1.56. The van der Waals surface area contributed by atoms with Crippen LogP contribution >= 0.6 is 24.0 Å². The van der Waals surface area contributed by atoms with Crippen LogP contribution in [-0.4, -0.2) is 39.9 Å². The molecule has 1 fully saturated rings. The molecule has 1 saturated heterocycles. The van der Waals surface area contributed by atoms with E-state index in [0.29, 0.717) is 22.2 Å². The maximum Gasteiger partial charge on any atom is 0.244 e. The molecule has 1 N–H and O–H groups in total. The van der Waals surface area contributed by atoms with Crippen LogP contribution in [0.4, 0.5) is 5.69 Å². The van der Waals surface area contributed by atoms with Crippen molar-refractivity contribution < 1.29 is 14.3 Å². The van der Waals surface area contributed by atoms with E-state index in [1.807, 2.05) is 6.92 Å². The summed E-state index contributed by atoms with van der Waals surface area (Å²) < 4.78 is 5.56. The number of carbonyl (C=O) groups is 2. The van der Waals surface area contributed by atoms with Gasteiger partial charge in [0.25, 0.3) is 0 Å². The van der Waals surface area contributed by atoms with Crippen LogP contribution < -0.4 is 10.1 Å². The number of hydrogen-bond donors (Lipinski definition) is 1. The predicted molar refractivity (Wildman–Crippen MR) is 87.6 cm³/mol. The van der Waals surface area contributed by atoms with Crippen LogP contribution in [0.2, 0.25) is 0 Å². The molecule has 0 bridgehead atoms. The number of amides is 2. The monoisotopic (exact) mass is 324 g/mol. The van der Waals surface area contributed by atoms with Crippen molar-refractivity contribution >= 4 is 45.8 Å². The highest BCUT2D eigenvalue weighted by molar-refractivity contribution is 8.24. The van der Waals surface area contributed by atoms with E-state index in [2.05, 4.69) is 5.32 Å². The van der Waals surface area contributed by atoms with E-state index in [1.165, 1.54) is 16.7 Å². The number of hydrogen-bond acceptors (Lipinski definition) is 5. The second-order valence-corrected chi connectivity index (χ2v) is 6.32. The lowest BCUT2D eigenvalue weighted by molar-refractivity contribution is -0.129. The molecular formula is C14H16N2O3S2. The molecule has 2 rings (SSSR count). The molecule has 0 aliphatic carbocycles. The van der Waals surface area contributed by atoms with Gasteiger partial charge in [0, 0.05) is 11.8 Å². The van der Waals surface area contributed by atoms with Crippen molar-refractivity contribution in [2.75, 3.05) is 19.0 Å². The third-order valence-electron chi connectivity index (χ3n) is 3.03. The van der Waals surface area contributed by atoms with Crippen LogP contribution in [0, 0.1) is 0 Å². The first-order valence-electron chi connectivity index (χ1n) is 6.51. The number of benzene rings is 1. The number of anilines is 1. The van der Waals surface area contributed by atoms with E-state index < -0.39 is 0 Å². The molecule has 5 nitrogen and oxygen atoms in total. The Morgan fingerprint density at radius 2 is 2.29 bits per heavy atom. The molecule has 2 amide bonds. The molecule has 1 heterocycles. The van der Waals surface area contributed by atoms with Gasteiger partial charge in [0.05, 0.1) is 12.4 Å². The standard InChI is InChI=1S/C14H16N2O3S2/c1-3-11-13(18)16(14(20)21-11)8-12(17)15-9-5-4-6-10(7-9)19-2/h4-7,11H,3,8H2,1-2H3,(H,15,17). The molecule has 7 heteroatoms. The highest BCUT2D eigenvalue weighted by atomic mass is 32.2. The number of rotatable bonds is 5. The van der Waals surface area contributed by atoms with Gasteiger partial charge >= 0.3 is 0 Å². The number of thioether (sulfide) groups is 1. The average Bonchev–Trinajstić information content (AvgIpc) is 2.74. The largest absolute Gasteiger partial charge is 0.497 e. The van der Waals surface area contributed by atoms with Gasteiger partial charge in [-0.05, 0) is 18.6 Å². The summed E-state index contributed by atoms with van der Waals surface area (Å²) in [6.07, 6.45) is 0.706. The second kappa shape index (κ2) is 6.91. The van der Waals surface area contributed by atoms with E-state index >= 15 is 0 Å². The number of carbonyl (C=O) groups excluding carboxylic acids is 2. The van der Waals surface area contributed by atoms with Gasteiger partial charge in [-0.25, -0.2) is 0 Å². The van der Waals surface area contributed by atoms with Crippen molar-refractivity contribution in [2.24, 2.45) is 0 Å². The van der Waals surface area contributed by atoms with Gasteiger partial charge in [-0.2, -0.15) is 0 Å². The Kier molecular flexibility index (Phi) is 5.19. The lowest BCUT2D eigenvalue weighted by Crippen LogP contribution is -2.38. The van der Waals surface area contributed by atoms with Gasteiger partial charge in [0.2, 0.25) is 11.8 Å². The van der Waals surface area contributed by atoms with E-state index in [0.717, 1.165) is 0 Å². The lowest BCUT2D eigenvalue weighted by atomic mass is 10.3. The minimum atomic E-state index is -0.281. The maximum atomic E-state index is 12.1. The van der Waals surface area contributed by atoms with Gasteiger partial charge in [0.15, 0.2) is 0 Å². The Bertz CT molecular complexity index is 577. The summed E-state index contributed by atoms with van der Waals surface area (Å²) >= 11 is 6.50. The molecule has 1 aliphatic rings. The first-order chi connectivity index (χ1) is 10.0. The second-order valence-electron chi connectivity index (χ2n) is 4.49. The van der Waals surface area contributed by atoms with Gasteiger partial charge in [-0.15, -0.1) is 0 Å². The molecule has 1 aromatic rings. The number of ether oxygens (including phenoxy) is 1. The molecular weight excluding hydrogens is 308 g/mol. The van der Waals surface area contributed by atoms with Crippen LogP contribution in [0.25, 0.3) is 0 Å². The SMILES string of the molecule is CCC1SC(=S)N(CC(=O)Nc2cccc(OC)c2)C1=O. The maximum absolute atomic E-state index is 12.1. The van der Waals surface area contributed by atoms with Gasteiger partial charge in [-0.1, -0.05) is 37.0 Å². The molecule has 1 unspecified atom stereocenters. The zero-order valence-corrected chi connectivity index (χ0v) is 13.4. The number of thiocarbonyl (C=S) groups is 1. The Balaban J connectivity index is 1.98. The fourth-order valence-electron chi connectivity index (χ4n) is 1.94. The van der Waals surface area contributed by atoms with E-state index in [-0.39, 0.29) is 23.6 Å². The molecule has 0 aromatic heterocycles. The van der Waals surface area contributed by atoms with Crippen molar-refractivity contribution in [3.63, 3.8) is 0 Å². The summed E-state index contributed by atoms with van der Waals surface area (Å²) in [5.41, 5.74) is 0.622. The summed E-state index contributed by atoms with van der Waals surface area (Å²) in [5.74, 6) is 0.284. The van der Waals surface area contributed by atoms with Crippen molar-refractivity contribution in [1.29, 1.82) is 0 Å². The number of nitrogens with zero attached hydrogens (tertiary/aromatic N) is 1. The molecule has 0 radical (unpaired) electrons. The molecule has 0 spiro atoms. The fourth-order valence-corrected chi connectivity index (χ4v) is 3.37. The van der Waals surface area contributed by atoms with Crippen LogP contribution in [0.3, 0.4) is 0 Å². The smallest absolute Gasteiger partial charge is 0.244 e. The normalized spacial score (nSPS) is 18.0. The van der Waals surface area contributed by atoms with E-state index in [1.54, 1.807) is 31.4 Å². The average molecular weight is 324 g/mol. The quantitative estimate of drug-likeness (QED) is 0.842. The highest BCUT2D eigenvalue weighted by Crippen LogP contribution is 2.29. The Morgan fingerprint density at radius 3 is 2.90 bits per heavy atom. The lowest BCUT2D eigenvalue weighted by Gasteiger charge is -2.15. The Hall–Kier alpha value is -1.60. The van der Waals surface area contributed by atoms with Crippen LogP contribution in [0.5, 0.6) is 5.75 Å². The van der Waals surface area contributed by atoms with Crippen LogP contribution in [0.15, 0.2) is 24.3 Å². The van der Waals surface area contributed by atoms with Crippen molar-refractivity contribution in [2.45, 2.75) is 18.6 Å². The van der Waals surface area contributed by atoms with Gasteiger partial charge in [0.1, 0.15) is 16.6 Å². The minimum Gasteiger partial charge on any atom is -0.497 e. The van der Waals surface area contributed by atoms with Gasteiger partial charge < -0.3 is 10.1 Å². The molecule has 1 atom stereocenters. The van der Waals surface area contributed by atoms with Crippen LogP contribution in [0.1, 0.15) is 13.3 Å². The molecule has 21 heavy (non-hydrogen) atoms. The highest BCUT2D eigenvalue weighted by Gasteiger charge is 2.36. The first kappa shape index (κ1) is 15.8. The minimum absolute atomic E-state index is 0.0572. The summed E-state index contributed by atoms with van der Waals surface area (Å²) in [4.78, 5) is 25.5. The van der Waals surface area contributed by atoms with E-state index in [9.17, 15) is 9.59 Å². The van der Waals surface area contributed by atoms with Crippen molar-refractivity contribution in [3.8, 4) is 5.75 Å².